The van der Waals surface area contributed by atoms with E-state index >= 15 is 0 Å². The third kappa shape index (κ3) is 5.88. The van der Waals surface area contributed by atoms with Gasteiger partial charge in [-0.3, -0.25) is 4.79 Å². The maximum atomic E-state index is 13.0. The highest BCUT2D eigenvalue weighted by Crippen LogP contribution is 2.19. The zero-order chi connectivity index (χ0) is 19.3. The van der Waals surface area contributed by atoms with Gasteiger partial charge in [-0.1, -0.05) is 44.2 Å². The van der Waals surface area contributed by atoms with Crippen molar-refractivity contribution in [3.05, 3.63) is 65.2 Å². The molecule has 0 atom stereocenters. The van der Waals surface area contributed by atoms with Gasteiger partial charge in [-0.2, -0.15) is 8.42 Å². The zero-order valence-electron chi connectivity index (χ0n) is 15.6. The molecule has 2 rings (SSSR count). The second kappa shape index (κ2) is 8.36. The van der Waals surface area contributed by atoms with E-state index in [1.807, 2.05) is 37.3 Å². The van der Waals surface area contributed by atoms with E-state index in [1.54, 1.807) is 23.1 Å². The zero-order valence-corrected chi connectivity index (χ0v) is 16.4. The molecule has 140 valence electrons. The molecule has 0 saturated carbocycles. The molecule has 6 heteroatoms. The van der Waals surface area contributed by atoms with Gasteiger partial charge in [-0.05, 0) is 42.2 Å². The molecule has 0 heterocycles. The molecular weight excluding hydrogens is 350 g/mol. The van der Waals surface area contributed by atoms with Crippen LogP contribution in [0.5, 0.6) is 5.75 Å². The lowest BCUT2D eigenvalue weighted by atomic mass is 10.1. The lowest BCUT2D eigenvalue weighted by Gasteiger charge is -2.25. The smallest absolute Gasteiger partial charge is 0.306 e. The van der Waals surface area contributed by atoms with Gasteiger partial charge in [0, 0.05) is 18.7 Å². The third-order valence-corrected chi connectivity index (χ3v) is 4.26. The van der Waals surface area contributed by atoms with Gasteiger partial charge < -0.3 is 9.08 Å². The van der Waals surface area contributed by atoms with Crippen LogP contribution in [0.1, 0.15) is 35.3 Å². The van der Waals surface area contributed by atoms with Crippen molar-refractivity contribution in [2.75, 3.05) is 12.8 Å². The number of carbonyl (C=O) groups excluding carboxylic acids is 1. The van der Waals surface area contributed by atoms with Gasteiger partial charge in [0.2, 0.25) is 0 Å². The Morgan fingerprint density at radius 2 is 1.81 bits per heavy atom. The van der Waals surface area contributed by atoms with Crippen LogP contribution < -0.4 is 4.18 Å². The highest BCUT2D eigenvalue weighted by molar-refractivity contribution is 7.86. The Morgan fingerprint density at radius 3 is 2.42 bits per heavy atom. The van der Waals surface area contributed by atoms with Crippen LogP contribution in [0.15, 0.2) is 48.5 Å². The summed E-state index contributed by atoms with van der Waals surface area (Å²) in [4.78, 5) is 14.8. The van der Waals surface area contributed by atoms with Crippen molar-refractivity contribution < 1.29 is 17.4 Å². The van der Waals surface area contributed by atoms with Crippen molar-refractivity contribution in [3.8, 4) is 5.75 Å². The summed E-state index contributed by atoms with van der Waals surface area (Å²) in [6.07, 6.45) is 1.01. The van der Waals surface area contributed by atoms with Crippen LogP contribution in [0.3, 0.4) is 0 Å². The highest BCUT2D eigenvalue weighted by atomic mass is 32.2. The quantitative estimate of drug-likeness (QED) is 0.693. The first-order chi connectivity index (χ1) is 12.2. The second-order valence-corrected chi connectivity index (χ2v) is 8.40. The van der Waals surface area contributed by atoms with Crippen LogP contribution in [-0.2, 0) is 16.7 Å². The van der Waals surface area contributed by atoms with Crippen LogP contribution in [0.25, 0.3) is 0 Å². The minimum absolute atomic E-state index is 0.0359. The number of aryl methyl sites for hydroxylation is 1. The molecule has 1 amide bonds. The van der Waals surface area contributed by atoms with E-state index in [2.05, 4.69) is 13.8 Å². The Morgan fingerprint density at radius 1 is 1.12 bits per heavy atom. The van der Waals surface area contributed by atoms with Gasteiger partial charge in [-0.15, -0.1) is 0 Å². The number of rotatable bonds is 7. The Hall–Kier alpha value is -2.34. The Kier molecular flexibility index (Phi) is 6.42. The first kappa shape index (κ1) is 20.0. The van der Waals surface area contributed by atoms with Crippen molar-refractivity contribution in [3.63, 3.8) is 0 Å². The summed E-state index contributed by atoms with van der Waals surface area (Å²) in [5.74, 6) is 0.516. The lowest BCUT2D eigenvalue weighted by Crippen LogP contribution is -2.34. The maximum absolute atomic E-state index is 13.0. The lowest BCUT2D eigenvalue weighted by molar-refractivity contribution is 0.0721. The van der Waals surface area contributed by atoms with Crippen molar-refractivity contribution in [2.24, 2.45) is 5.92 Å². The molecular formula is C20H25NO4S. The van der Waals surface area contributed by atoms with Crippen molar-refractivity contribution in [1.29, 1.82) is 0 Å². The van der Waals surface area contributed by atoms with Gasteiger partial charge in [-0.25, -0.2) is 0 Å². The summed E-state index contributed by atoms with van der Waals surface area (Å²) >= 11 is 0. The third-order valence-electron chi connectivity index (χ3n) is 3.77. The predicted molar refractivity (Wildman–Crippen MR) is 103 cm³/mol. The largest absolute Gasteiger partial charge is 0.383 e. The second-order valence-electron chi connectivity index (χ2n) is 6.83. The monoisotopic (exact) mass is 375 g/mol. The summed E-state index contributed by atoms with van der Waals surface area (Å²) < 4.78 is 27.6. The van der Waals surface area contributed by atoms with Crippen LogP contribution in [-0.4, -0.2) is 32.0 Å². The van der Waals surface area contributed by atoms with E-state index in [0.717, 1.165) is 17.4 Å². The van der Waals surface area contributed by atoms with Crippen molar-refractivity contribution in [2.45, 2.75) is 27.3 Å². The van der Waals surface area contributed by atoms with Crippen molar-refractivity contribution in [1.82, 2.24) is 4.90 Å². The molecule has 0 saturated heterocycles. The van der Waals surface area contributed by atoms with Gasteiger partial charge in [0.25, 0.3) is 5.91 Å². The van der Waals surface area contributed by atoms with E-state index in [-0.39, 0.29) is 11.7 Å². The van der Waals surface area contributed by atoms with E-state index in [9.17, 15) is 13.2 Å². The molecule has 0 bridgehead atoms. The highest BCUT2D eigenvalue weighted by Gasteiger charge is 2.19. The van der Waals surface area contributed by atoms with Gasteiger partial charge in [0.15, 0.2) is 0 Å². The topological polar surface area (TPSA) is 63.7 Å². The molecule has 0 spiro atoms. The molecule has 0 aromatic heterocycles. The fourth-order valence-electron chi connectivity index (χ4n) is 2.73. The molecule has 2 aromatic rings. The molecule has 26 heavy (non-hydrogen) atoms. The molecule has 0 fully saturated rings. The first-order valence-corrected chi connectivity index (χ1v) is 10.3. The molecule has 5 nitrogen and oxygen atoms in total. The minimum Gasteiger partial charge on any atom is -0.383 e. The average Bonchev–Trinajstić information content (AvgIpc) is 2.52. The fraction of sp³-hybridized carbons (Fsp3) is 0.350. The van der Waals surface area contributed by atoms with E-state index in [0.29, 0.717) is 24.6 Å². The van der Waals surface area contributed by atoms with E-state index in [1.165, 1.54) is 0 Å². The van der Waals surface area contributed by atoms with Crippen LogP contribution in [0.4, 0.5) is 0 Å². The number of nitrogens with zero attached hydrogens (tertiary/aromatic N) is 1. The summed E-state index contributed by atoms with van der Waals surface area (Å²) in [6.45, 7) is 7.01. The van der Waals surface area contributed by atoms with Crippen LogP contribution in [0, 0.1) is 12.8 Å². The summed E-state index contributed by atoms with van der Waals surface area (Å²) in [5.41, 5.74) is 2.42. The molecule has 0 unspecified atom stereocenters. The molecule has 0 N–H and O–H groups in total. The normalized spacial score (nSPS) is 11.4. The summed E-state index contributed by atoms with van der Waals surface area (Å²) in [5, 5.41) is 0. The summed E-state index contributed by atoms with van der Waals surface area (Å²) in [6, 6.07) is 14.3. The van der Waals surface area contributed by atoms with Crippen molar-refractivity contribution >= 4 is 16.0 Å². The predicted octanol–water partition coefficient (Wildman–Crippen LogP) is 3.63. The summed E-state index contributed by atoms with van der Waals surface area (Å²) in [7, 11) is -3.59. The van der Waals surface area contributed by atoms with E-state index < -0.39 is 10.1 Å². The Balaban J connectivity index is 2.27. The standard InChI is InChI=1S/C20H25NO4S/c1-15(2)13-21(20(22)19-11-6-5-8-16(19)3)14-17-9-7-10-18(12-17)25-26(4,23)24/h5-12,15H,13-14H2,1-4H3. The van der Waals surface area contributed by atoms with Gasteiger partial charge in [0.05, 0.1) is 6.26 Å². The first-order valence-electron chi connectivity index (χ1n) is 8.49. The fourth-order valence-corrected chi connectivity index (χ4v) is 3.19. The minimum atomic E-state index is -3.59. The number of hydrogen-bond acceptors (Lipinski definition) is 4. The number of benzene rings is 2. The maximum Gasteiger partial charge on any atom is 0.306 e. The average molecular weight is 375 g/mol. The SMILES string of the molecule is Cc1ccccc1C(=O)N(Cc1cccc(OS(C)(=O)=O)c1)CC(C)C. The molecule has 2 aromatic carbocycles. The number of carbonyl (C=O) groups is 1. The van der Waals surface area contributed by atoms with Crippen LogP contribution in [0.2, 0.25) is 0 Å². The van der Waals surface area contributed by atoms with E-state index in [4.69, 9.17) is 4.18 Å². The Bertz CT molecular complexity index is 875. The number of hydrogen-bond donors (Lipinski definition) is 0. The molecule has 0 aliphatic heterocycles. The molecule has 0 aliphatic rings. The van der Waals surface area contributed by atoms with Gasteiger partial charge >= 0.3 is 10.1 Å². The van der Waals surface area contributed by atoms with Gasteiger partial charge in [0.1, 0.15) is 5.75 Å². The molecule has 0 aliphatic carbocycles. The molecule has 0 radical (unpaired) electrons. The van der Waals surface area contributed by atoms with Crippen LogP contribution >= 0.6 is 0 Å². The number of amides is 1. The Labute approximate surface area is 155 Å².